The summed E-state index contributed by atoms with van der Waals surface area (Å²) in [6, 6.07) is 1.52. The molecule has 0 saturated heterocycles. The fourth-order valence-corrected chi connectivity index (χ4v) is 1.37. The van der Waals surface area contributed by atoms with E-state index in [1.807, 2.05) is 13.8 Å². The van der Waals surface area contributed by atoms with Crippen molar-refractivity contribution in [1.29, 1.82) is 0 Å². The Hall–Kier alpha value is -0.920. The summed E-state index contributed by atoms with van der Waals surface area (Å²) in [5.41, 5.74) is 0. The molecule has 0 unspecified atom stereocenters. The SMILES string of the molecule is CC(C)n1ccc(S(=O)(=O)NN)n1. The van der Waals surface area contributed by atoms with Gasteiger partial charge in [-0.1, -0.05) is 0 Å². The lowest BCUT2D eigenvalue weighted by atomic mass is 10.4. The van der Waals surface area contributed by atoms with Crippen molar-refractivity contribution in [3.63, 3.8) is 0 Å². The molecule has 3 N–H and O–H groups in total. The Bertz CT molecular complexity index is 381. The summed E-state index contributed by atoms with van der Waals surface area (Å²) in [6.07, 6.45) is 1.59. The molecule has 0 spiro atoms. The molecule has 1 rings (SSSR count). The minimum Gasteiger partial charge on any atom is -0.269 e. The van der Waals surface area contributed by atoms with E-state index in [-0.39, 0.29) is 11.1 Å². The molecule has 0 aliphatic heterocycles. The minimum atomic E-state index is -3.62. The quantitative estimate of drug-likeness (QED) is 0.518. The van der Waals surface area contributed by atoms with Crippen molar-refractivity contribution < 1.29 is 8.42 Å². The van der Waals surface area contributed by atoms with Crippen LogP contribution in [0.15, 0.2) is 17.3 Å². The third-order valence-corrected chi connectivity index (χ3v) is 2.62. The van der Waals surface area contributed by atoms with E-state index in [0.717, 1.165) is 0 Å². The van der Waals surface area contributed by atoms with Gasteiger partial charge in [-0.15, -0.1) is 4.83 Å². The third kappa shape index (κ3) is 2.06. The highest BCUT2D eigenvalue weighted by atomic mass is 32.2. The monoisotopic (exact) mass is 204 g/mol. The lowest BCUT2D eigenvalue weighted by molar-refractivity contribution is 0.514. The number of aromatic nitrogens is 2. The van der Waals surface area contributed by atoms with Crippen molar-refractivity contribution in [2.24, 2.45) is 5.84 Å². The fraction of sp³-hybridized carbons (Fsp3) is 0.500. The van der Waals surface area contributed by atoms with Crippen LogP contribution in [-0.4, -0.2) is 18.2 Å². The molecule has 0 fully saturated rings. The van der Waals surface area contributed by atoms with Crippen molar-refractivity contribution in [2.75, 3.05) is 0 Å². The van der Waals surface area contributed by atoms with Gasteiger partial charge in [0.2, 0.25) is 0 Å². The second-order valence-electron chi connectivity index (χ2n) is 2.85. The zero-order valence-corrected chi connectivity index (χ0v) is 8.25. The molecule has 0 atom stereocenters. The molecule has 74 valence electrons. The number of hydrazine groups is 1. The largest absolute Gasteiger partial charge is 0.272 e. The van der Waals surface area contributed by atoms with Crippen LogP contribution in [0, 0.1) is 0 Å². The first-order valence-corrected chi connectivity index (χ1v) is 5.23. The van der Waals surface area contributed by atoms with Gasteiger partial charge in [-0.05, 0) is 19.9 Å². The predicted octanol–water partition coefficient (Wildman–Crippen LogP) is -0.384. The Balaban J connectivity index is 3.06. The molecule has 13 heavy (non-hydrogen) atoms. The Morgan fingerprint density at radius 3 is 2.62 bits per heavy atom. The number of hydrogen-bond acceptors (Lipinski definition) is 4. The third-order valence-electron chi connectivity index (χ3n) is 1.54. The van der Waals surface area contributed by atoms with Gasteiger partial charge < -0.3 is 0 Å². The van der Waals surface area contributed by atoms with Crippen LogP contribution in [0.1, 0.15) is 19.9 Å². The molecule has 0 saturated carbocycles. The van der Waals surface area contributed by atoms with Crippen LogP contribution in [0.25, 0.3) is 0 Å². The summed E-state index contributed by atoms with van der Waals surface area (Å²) in [6.45, 7) is 3.80. The Morgan fingerprint density at radius 2 is 2.23 bits per heavy atom. The number of sulfonamides is 1. The number of nitrogens with zero attached hydrogens (tertiary/aromatic N) is 2. The van der Waals surface area contributed by atoms with Crippen molar-refractivity contribution >= 4 is 10.0 Å². The van der Waals surface area contributed by atoms with E-state index in [1.54, 1.807) is 15.7 Å². The number of hydrogen-bond donors (Lipinski definition) is 2. The van der Waals surface area contributed by atoms with E-state index in [9.17, 15) is 8.42 Å². The molecule has 0 radical (unpaired) electrons. The van der Waals surface area contributed by atoms with E-state index < -0.39 is 10.0 Å². The first kappa shape index (κ1) is 10.2. The molecule has 1 aromatic heterocycles. The lowest BCUT2D eigenvalue weighted by Crippen LogP contribution is -2.30. The maximum Gasteiger partial charge on any atom is 0.272 e. The van der Waals surface area contributed by atoms with Crippen molar-refractivity contribution in [1.82, 2.24) is 14.6 Å². The Morgan fingerprint density at radius 1 is 1.62 bits per heavy atom. The van der Waals surface area contributed by atoms with Crippen LogP contribution in [0.2, 0.25) is 0 Å². The zero-order valence-electron chi connectivity index (χ0n) is 7.43. The van der Waals surface area contributed by atoms with Gasteiger partial charge in [-0.3, -0.25) is 10.5 Å². The average molecular weight is 204 g/mol. The first-order valence-electron chi connectivity index (χ1n) is 3.75. The maximum absolute atomic E-state index is 11.1. The maximum atomic E-state index is 11.1. The first-order chi connectivity index (χ1) is 5.97. The molecule has 0 aromatic carbocycles. The van der Waals surface area contributed by atoms with Gasteiger partial charge in [0.05, 0.1) is 0 Å². The Labute approximate surface area is 76.8 Å². The minimum absolute atomic E-state index is 0.0660. The summed E-state index contributed by atoms with van der Waals surface area (Å²) < 4.78 is 23.8. The van der Waals surface area contributed by atoms with Crippen LogP contribution < -0.4 is 10.7 Å². The van der Waals surface area contributed by atoms with E-state index in [0.29, 0.717) is 0 Å². The highest BCUT2D eigenvalue weighted by molar-refractivity contribution is 7.89. The molecule has 7 heteroatoms. The lowest BCUT2D eigenvalue weighted by Gasteiger charge is -2.03. The Kier molecular flexibility index (Phi) is 2.69. The number of nitrogens with two attached hydrogens (primary N) is 1. The summed E-state index contributed by atoms with van der Waals surface area (Å²) in [5.74, 6) is 4.84. The van der Waals surface area contributed by atoms with Gasteiger partial charge in [0.15, 0.2) is 5.03 Å². The summed E-state index contributed by atoms with van der Waals surface area (Å²) in [7, 11) is -3.62. The van der Waals surface area contributed by atoms with Gasteiger partial charge in [-0.2, -0.15) is 5.10 Å². The fourth-order valence-electron chi connectivity index (χ4n) is 0.812. The predicted molar refractivity (Wildman–Crippen MR) is 47.1 cm³/mol. The van der Waals surface area contributed by atoms with Crippen LogP contribution >= 0.6 is 0 Å². The summed E-state index contributed by atoms with van der Waals surface area (Å²) in [5, 5.41) is 3.77. The normalized spacial score (nSPS) is 12.3. The summed E-state index contributed by atoms with van der Waals surface area (Å²) in [4.78, 5) is 1.71. The van der Waals surface area contributed by atoms with E-state index >= 15 is 0 Å². The van der Waals surface area contributed by atoms with Crippen LogP contribution in [0.4, 0.5) is 0 Å². The van der Waals surface area contributed by atoms with Gasteiger partial charge in [-0.25, -0.2) is 8.42 Å². The van der Waals surface area contributed by atoms with Crippen LogP contribution in [-0.2, 0) is 10.0 Å². The van der Waals surface area contributed by atoms with Crippen LogP contribution in [0.3, 0.4) is 0 Å². The molecule has 1 aromatic rings. The smallest absolute Gasteiger partial charge is 0.269 e. The molecular weight excluding hydrogens is 192 g/mol. The molecule has 0 aliphatic carbocycles. The number of rotatable bonds is 3. The van der Waals surface area contributed by atoms with Crippen molar-refractivity contribution in [3.8, 4) is 0 Å². The van der Waals surface area contributed by atoms with Crippen LogP contribution in [0.5, 0.6) is 0 Å². The molecule has 0 bridgehead atoms. The molecular formula is C6H12N4O2S. The van der Waals surface area contributed by atoms with Gasteiger partial charge in [0.25, 0.3) is 10.0 Å². The van der Waals surface area contributed by atoms with Crippen molar-refractivity contribution in [2.45, 2.75) is 24.9 Å². The topological polar surface area (TPSA) is 90.0 Å². The van der Waals surface area contributed by atoms with Crippen molar-refractivity contribution in [3.05, 3.63) is 12.3 Å². The highest BCUT2D eigenvalue weighted by Crippen LogP contribution is 2.07. The summed E-state index contributed by atoms with van der Waals surface area (Å²) >= 11 is 0. The number of nitrogens with one attached hydrogen (secondary N) is 1. The van der Waals surface area contributed by atoms with Gasteiger partial charge in [0, 0.05) is 12.2 Å². The molecule has 0 amide bonds. The molecule has 6 nitrogen and oxygen atoms in total. The van der Waals surface area contributed by atoms with Gasteiger partial charge >= 0.3 is 0 Å². The van der Waals surface area contributed by atoms with Gasteiger partial charge in [0.1, 0.15) is 0 Å². The average Bonchev–Trinajstić information content (AvgIpc) is 2.52. The second kappa shape index (κ2) is 3.44. The van der Waals surface area contributed by atoms with E-state index in [2.05, 4.69) is 5.10 Å². The second-order valence-corrected chi connectivity index (χ2v) is 4.51. The standard InChI is InChI=1S/C6H12N4O2S/c1-5(2)10-4-3-6(8-10)13(11,12)9-7/h3-5,9H,7H2,1-2H3. The molecule has 1 heterocycles. The van der Waals surface area contributed by atoms with E-state index in [4.69, 9.17) is 5.84 Å². The molecule has 0 aliphatic rings. The highest BCUT2D eigenvalue weighted by Gasteiger charge is 2.15. The van der Waals surface area contributed by atoms with E-state index in [1.165, 1.54) is 6.07 Å². The zero-order chi connectivity index (χ0) is 10.1.